The van der Waals surface area contributed by atoms with Crippen LogP contribution in [0.3, 0.4) is 0 Å². The normalized spacial score (nSPS) is 23.5. The Labute approximate surface area is 120 Å². The lowest BCUT2D eigenvalue weighted by molar-refractivity contribution is 0.339. The lowest BCUT2D eigenvalue weighted by Crippen LogP contribution is -2.42. The second-order valence-corrected chi connectivity index (χ2v) is 6.87. The van der Waals surface area contributed by atoms with E-state index >= 15 is 0 Å². The molecule has 0 amide bonds. The molecule has 1 aliphatic rings. The minimum atomic E-state index is -3.51. The van der Waals surface area contributed by atoms with Crippen molar-refractivity contribution in [3.05, 3.63) is 24.3 Å². The molecule has 1 aromatic carbocycles. The van der Waals surface area contributed by atoms with Gasteiger partial charge in [-0.05, 0) is 38.3 Å². The second kappa shape index (κ2) is 6.56. The number of ether oxygens (including phenoxy) is 1. The number of benzene rings is 1. The SMILES string of the molecule is CCOc1cccc(S(=O)(=O)NC2CCCC(N)C2)c1. The molecule has 2 rings (SSSR count). The van der Waals surface area contributed by atoms with Gasteiger partial charge < -0.3 is 10.5 Å². The molecule has 2 unspecified atom stereocenters. The van der Waals surface area contributed by atoms with Gasteiger partial charge in [-0.1, -0.05) is 12.5 Å². The summed E-state index contributed by atoms with van der Waals surface area (Å²) in [4.78, 5) is 0.239. The summed E-state index contributed by atoms with van der Waals surface area (Å²) < 4.78 is 32.8. The maximum absolute atomic E-state index is 12.4. The molecule has 0 saturated heterocycles. The molecule has 5 nitrogen and oxygen atoms in total. The topological polar surface area (TPSA) is 81.4 Å². The Morgan fingerprint density at radius 1 is 1.40 bits per heavy atom. The predicted octanol–water partition coefficient (Wildman–Crippen LogP) is 1.63. The van der Waals surface area contributed by atoms with Crippen LogP contribution in [-0.2, 0) is 10.0 Å². The maximum atomic E-state index is 12.4. The molecular weight excluding hydrogens is 276 g/mol. The number of hydrogen-bond donors (Lipinski definition) is 2. The molecule has 3 N–H and O–H groups in total. The molecule has 2 atom stereocenters. The average molecular weight is 298 g/mol. The number of nitrogens with two attached hydrogens (primary N) is 1. The summed E-state index contributed by atoms with van der Waals surface area (Å²) in [5.41, 5.74) is 5.89. The Kier molecular flexibility index (Phi) is 5.01. The van der Waals surface area contributed by atoms with Crippen LogP contribution in [0.4, 0.5) is 0 Å². The van der Waals surface area contributed by atoms with Gasteiger partial charge in [0.25, 0.3) is 0 Å². The highest BCUT2D eigenvalue weighted by Gasteiger charge is 2.25. The van der Waals surface area contributed by atoms with Gasteiger partial charge in [0.05, 0.1) is 11.5 Å². The van der Waals surface area contributed by atoms with Crippen molar-refractivity contribution >= 4 is 10.0 Å². The van der Waals surface area contributed by atoms with E-state index in [4.69, 9.17) is 10.5 Å². The van der Waals surface area contributed by atoms with Crippen LogP contribution in [0.15, 0.2) is 29.2 Å². The highest BCUT2D eigenvalue weighted by Crippen LogP contribution is 2.21. The molecule has 1 saturated carbocycles. The summed E-state index contributed by atoms with van der Waals surface area (Å²) in [6, 6.07) is 6.58. The van der Waals surface area contributed by atoms with Crippen molar-refractivity contribution in [1.29, 1.82) is 0 Å². The number of nitrogens with one attached hydrogen (secondary N) is 1. The van der Waals surface area contributed by atoms with Crippen molar-refractivity contribution in [3.8, 4) is 5.75 Å². The monoisotopic (exact) mass is 298 g/mol. The van der Waals surface area contributed by atoms with Crippen molar-refractivity contribution in [2.24, 2.45) is 5.73 Å². The van der Waals surface area contributed by atoms with Crippen LogP contribution in [0, 0.1) is 0 Å². The first-order chi connectivity index (χ1) is 9.51. The maximum Gasteiger partial charge on any atom is 0.240 e. The molecular formula is C14H22N2O3S. The summed E-state index contributed by atoms with van der Waals surface area (Å²) in [5.74, 6) is 0.565. The van der Waals surface area contributed by atoms with Crippen LogP contribution >= 0.6 is 0 Å². The fourth-order valence-corrected chi connectivity index (χ4v) is 3.84. The van der Waals surface area contributed by atoms with Gasteiger partial charge in [-0.15, -0.1) is 0 Å². The molecule has 6 heteroatoms. The molecule has 0 bridgehead atoms. The van der Waals surface area contributed by atoms with Gasteiger partial charge in [0.15, 0.2) is 0 Å². The largest absolute Gasteiger partial charge is 0.494 e. The van der Waals surface area contributed by atoms with Crippen LogP contribution in [0.1, 0.15) is 32.6 Å². The van der Waals surface area contributed by atoms with E-state index in [9.17, 15) is 8.42 Å². The molecule has 1 aliphatic carbocycles. The van der Waals surface area contributed by atoms with Crippen molar-refractivity contribution in [1.82, 2.24) is 4.72 Å². The Hall–Kier alpha value is -1.11. The van der Waals surface area contributed by atoms with Crippen molar-refractivity contribution < 1.29 is 13.2 Å². The molecule has 0 aliphatic heterocycles. The third-order valence-electron chi connectivity index (χ3n) is 3.46. The molecule has 0 heterocycles. The minimum absolute atomic E-state index is 0.0699. The van der Waals surface area contributed by atoms with E-state index in [1.54, 1.807) is 24.3 Å². The van der Waals surface area contributed by atoms with E-state index in [-0.39, 0.29) is 17.0 Å². The zero-order valence-electron chi connectivity index (χ0n) is 11.7. The van der Waals surface area contributed by atoms with Crippen molar-refractivity contribution in [3.63, 3.8) is 0 Å². The fraction of sp³-hybridized carbons (Fsp3) is 0.571. The standard InChI is InChI=1S/C14H22N2O3S/c1-2-19-13-7-4-8-14(10-13)20(17,18)16-12-6-3-5-11(15)9-12/h4,7-8,10-12,16H,2-3,5-6,9,15H2,1H3. The number of rotatable bonds is 5. The van der Waals surface area contributed by atoms with Gasteiger partial charge in [0.2, 0.25) is 10.0 Å². The lowest BCUT2D eigenvalue weighted by Gasteiger charge is -2.27. The van der Waals surface area contributed by atoms with E-state index in [1.807, 2.05) is 6.92 Å². The molecule has 112 valence electrons. The van der Waals surface area contributed by atoms with E-state index in [0.29, 0.717) is 18.8 Å². The molecule has 1 fully saturated rings. The number of hydrogen-bond acceptors (Lipinski definition) is 4. The highest BCUT2D eigenvalue weighted by molar-refractivity contribution is 7.89. The second-order valence-electron chi connectivity index (χ2n) is 5.15. The Morgan fingerprint density at radius 3 is 2.90 bits per heavy atom. The summed E-state index contributed by atoms with van der Waals surface area (Å²) in [6.07, 6.45) is 3.48. The van der Waals surface area contributed by atoms with Crippen LogP contribution in [0.5, 0.6) is 5.75 Å². The Bertz CT molecular complexity index is 545. The fourth-order valence-electron chi connectivity index (χ4n) is 2.52. The summed E-state index contributed by atoms with van der Waals surface area (Å²) in [6.45, 7) is 2.37. The van der Waals surface area contributed by atoms with Gasteiger partial charge in [-0.25, -0.2) is 13.1 Å². The zero-order valence-corrected chi connectivity index (χ0v) is 12.5. The molecule has 0 radical (unpaired) electrons. The lowest BCUT2D eigenvalue weighted by atomic mass is 9.92. The Balaban J connectivity index is 2.11. The van der Waals surface area contributed by atoms with Crippen LogP contribution in [-0.4, -0.2) is 27.1 Å². The van der Waals surface area contributed by atoms with E-state index < -0.39 is 10.0 Å². The van der Waals surface area contributed by atoms with E-state index in [0.717, 1.165) is 19.3 Å². The van der Waals surface area contributed by atoms with Crippen LogP contribution in [0.25, 0.3) is 0 Å². The molecule has 0 spiro atoms. The minimum Gasteiger partial charge on any atom is -0.494 e. The first-order valence-corrected chi connectivity index (χ1v) is 8.50. The highest BCUT2D eigenvalue weighted by atomic mass is 32.2. The smallest absolute Gasteiger partial charge is 0.240 e. The van der Waals surface area contributed by atoms with Gasteiger partial charge >= 0.3 is 0 Å². The van der Waals surface area contributed by atoms with Gasteiger partial charge in [0, 0.05) is 18.2 Å². The average Bonchev–Trinajstić information content (AvgIpc) is 2.39. The summed E-state index contributed by atoms with van der Waals surface area (Å²) in [7, 11) is -3.51. The first-order valence-electron chi connectivity index (χ1n) is 7.02. The Morgan fingerprint density at radius 2 is 2.20 bits per heavy atom. The van der Waals surface area contributed by atoms with Gasteiger partial charge in [-0.2, -0.15) is 0 Å². The van der Waals surface area contributed by atoms with Crippen LogP contribution < -0.4 is 15.2 Å². The zero-order chi connectivity index (χ0) is 14.6. The van der Waals surface area contributed by atoms with Gasteiger partial charge in [0.1, 0.15) is 5.75 Å². The molecule has 20 heavy (non-hydrogen) atoms. The first kappa shape index (κ1) is 15.3. The van der Waals surface area contributed by atoms with E-state index in [1.165, 1.54) is 0 Å². The van der Waals surface area contributed by atoms with E-state index in [2.05, 4.69) is 4.72 Å². The summed E-state index contributed by atoms with van der Waals surface area (Å²) in [5, 5.41) is 0. The predicted molar refractivity (Wildman–Crippen MR) is 78.2 cm³/mol. The van der Waals surface area contributed by atoms with Gasteiger partial charge in [-0.3, -0.25) is 0 Å². The van der Waals surface area contributed by atoms with Crippen LogP contribution in [0.2, 0.25) is 0 Å². The summed E-state index contributed by atoms with van der Waals surface area (Å²) >= 11 is 0. The third-order valence-corrected chi connectivity index (χ3v) is 4.98. The number of sulfonamides is 1. The third kappa shape index (κ3) is 3.94. The van der Waals surface area contributed by atoms with Crippen molar-refractivity contribution in [2.75, 3.05) is 6.61 Å². The quantitative estimate of drug-likeness (QED) is 0.865. The molecule has 0 aromatic heterocycles. The van der Waals surface area contributed by atoms with Crippen molar-refractivity contribution in [2.45, 2.75) is 49.6 Å². The molecule has 1 aromatic rings.